The number of thiazole rings is 1. The van der Waals surface area contributed by atoms with Crippen LogP contribution in [0.4, 0.5) is 10.5 Å². The van der Waals surface area contributed by atoms with Gasteiger partial charge in [0.1, 0.15) is 5.75 Å². The molecule has 0 unspecified atom stereocenters. The first kappa shape index (κ1) is 14.8. The Labute approximate surface area is 124 Å². The number of carboxylic acids is 1. The molecule has 21 heavy (non-hydrogen) atoms. The van der Waals surface area contributed by atoms with E-state index in [2.05, 4.69) is 15.6 Å². The Bertz CT molecular complexity index is 684. The first-order valence-corrected chi connectivity index (χ1v) is 6.86. The molecular formula is C13H13N3O4S. The van der Waals surface area contributed by atoms with Gasteiger partial charge in [-0.3, -0.25) is 0 Å². The maximum atomic E-state index is 11.8. The van der Waals surface area contributed by atoms with Gasteiger partial charge in [-0.1, -0.05) is 0 Å². The minimum Gasteiger partial charge on any atom is -0.508 e. The van der Waals surface area contributed by atoms with Crippen LogP contribution in [0.2, 0.25) is 0 Å². The number of rotatable bonds is 4. The molecule has 0 aliphatic rings. The van der Waals surface area contributed by atoms with Crippen LogP contribution in [0.25, 0.3) is 0 Å². The van der Waals surface area contributed by atoms with E-state index in [1.807, 2.05) is 12.3 Å². The van der Waals surface area contributed by atoms with E-state index >= 15 is 0 Å². The van der Waals surface area contributed by atoms with Crippen LogP contribution in [0.1, 0.15) is 21.1 Å². The highest BCUT2D eigenvalue weighted by Crippen LogP contribution is 2.21. The summed E-state index contributed by atoms with van der Waals surface area (Å²) in [7, 11) is 0. The number of hydrogen-bond donors (Lipinski definition) is 4. The molecule has 0 aliphatic carbocycles. The Kier molecular flexibility index (Phi) is 4.39. The number of benzene rings is 1. The zero-order valence-corrected chi connectivity index (χ0v) is 11.9. The van der Waals surface area contributed by atoms with E-state index in [-0.39, 0.29) is 23.5 Å². The van der Waals surface area contributed by atoms with E-state index in [1.54, 1.807) is 0 Å². The molecule has 0 fully saturated rings. The van der Waals surface area contributed by atoms with Crippen molar-refractivity contribution in [2.24, 2.45) is 0 Å². The van der Waals surface area contributed by atoms with Gasteiger partial charge in [0, 0.05) is 5.38 Å². The van der Waals surface area contributed by atoms with E-state index in [0.717, 1.165) is 16.8 Å². The van der Waals surface area contributed by atoms with Crippen molar-refractivity contribution in [3.05, 3.63) is 39.8 Å². The highest BCUT2D eigenvalue weighted by atomic mass is 32.1. The number of aromatic hydroxyl groups is 1. The molecule has 2 amide bonds. The van der Waals surface area contributed by atoms with Gasteiger partial charge in [0.05, 0.1) is 28.5 Å². The average Bonchev–Trinajstić information content (AvgIpc) is 2.84. The molecule has 0 spiro atoms. The van der Waals surface area contributed by atoms with Gasteiger partial charge in [0.25, 0.3) is 0 Å². The van der Waals surface area contributed by atoms with Crippen LogP contribution < -0.4 is 10.6 Å². The van der Waals surface area contributed by atoms with Crippen molar-refractivity contribution in [1.29, 1.82) is 0 Å². The van der Waals surface area contributed by atoms with Gasteiger partial charge in [0.2, 0.25) is 0 Å². The van der Waals surface area contributed by atoms with Crippen LogP contribution in [0.3, 0.4) is 0 Å². The number of phenols is 1. The number of carbonyl (C=O) groups excluding carboxylic acids is 1. The van der Waals surface area contributed by atoms with E-state index in [1.165, 1.54) is 23.5 Å². The fourth-order valence-corrected chi connectivity index (χ4v) is 2.26. The second kappa shape index (κ2) is 6.23. The normalized spacial score (nSPS) is 10.1. The number of amides is 2. The van der Waals surface area contributed by atoms with Gasteiger partial charge >= 0.3 is 12.0 Å². The van der Waals surface area contributed by atoms with E-state index in [9.17, 15) is 14.7 Å². The minimum absolute atomic E-state index is 0.104. The number of urea groups is 1. The van der Waals surface area contributed by atoms with Crippen LogP contribution in [-0.2, 0) is 6.54 Å². The topological polar surface area (TPSA) is 112 Å². The molecule has 0 atom stereocenters. The molecule has 0 aliphatic heterocycles. The monoisotopic (exact) mass is 307 g/mol. The second-order valence-electron chi connectivity index (χ2n) is 4.20. The third-order valence-corrected chi connectivity index (χ3v) is 3.40. The minimum atomic E-state index is -1.24. The summed E-state index contributed by atoms with van der Waals surface area (Å²) in [6.07, 6.45) is 0. The Morgan fingerprint density at radius 2 is 2.14 bits per heavy atom. The number of nitrogens with zero attached hydrogens (tertiary/aromatic N) is 1. The molecule has 2 aromatic rings. The van der Waals surface area contributed by atoms with Gasteiger partial charge < -0.3 is 20.8 Å². The summed E-state index contributed by atoms with van der Waals surface area (Å²) < 4.78 is 0. The molecule has 0 radical (unpaired) electrons. The molecule has 8 heteroatoms. The number of nitrogens with one attached hydrogen (secondary N) is 2. The molecule has 1 aromatic carbocycles. The van der Waals surface area contributed by atoms with Crippen LogP contribution in [-0.4, -0.2) is 27.2 Å². The predicted molar refractivity (Wildman–Crippen MR) is 77.8 cm³/mol. The summed E-state index contributed by atoms with van der Waals surface area (Å²) in [4.78, 5) is 27.0. The van der Waals surface area contributed by atoms with Crippen molar-refractivity contribution in [3.8, 4) is 5.75 Å². The number of aromatic carboxylic acids is 1. The lowest BCUT2D eigenvalue weighted by atomic mass is 10.1. The molecule has 0 saturated carbocycles. The SMILES string of the molecule is Cc1nc(CNC(=O)Nc2ccc(O)cc2C(=O)O)cs1. The third kappa shape index (κ3) is 3.93. The maximum absolute atomic E-state index is 11.8. The number of hydrogen-bond acceptors (Lipinski definition) is 5. The van der Waals surface area contributed by atoms with Crippen molar-refractivity contribution in [2.45, 2.75) is 13.5 Å². The van der Waals surface area contributed by atoms with Crippen molar-refractivity contribution in [3.63, 3.8) is 0 Å². The summed E-state index contributed by atoms with van der Waals surface area (Å²) >= 11 is 1.48. The first-order valence-electron chi connectivity index (χ1n) is 5.98. The molecular weight excluding hydrogens is 294 g/mol. The number of aromatic nitrogens is 1. The zero-order chi connectivity index (χ0) is 15.4. The summed E-state index contributed by atoms with van der Waals surface area (Å²) in [5, 5.41) is 26.0. The van der Waals surface area contributed by atoms with E-state index in [4.69, 9.17) is 5.11 Å². The molecule has 4 N–H and O–H groups in total. The number of aryl methyl sites for hydroxylation is 1. The van der Waals surface area contributed by atoms with Gasteiger partial charge in [-0.15, -0.1) is 11.3 Å². The predicted octanol–water partition coefficient (Wildman–Crippen LogP) is 2.18. The van der Waals surface area contributed by atoms with Crippen molar-refractivity contribution < 1.29 is 19.8 Å². The highest BCUT2D eigenvalue weighted by molar-refractivity contribution is 7.09. The maximum Gasteiger partial charge on any atom is 0.337 e. The number of carbonyl (C=O) groups is 2. The lowest BCUT2D eigenvalue weighted by molar-refractivity contribution is 0.0697. The Morgan fingerprint density at radius 3 is 2.76 bits per heavy atom. The van der Waals surface area contributed by atoms with Crippen LogP contribution in [0, 0.1) is 6.92 Å². The standard InChI is InChI=1S/C13H13N3O4S/c1-7-15-8(6-21-7)5-14-13(20)16-11-3-2-9(17)4-10(11)12(18)19/h2-4,6,17H,5H2,1H3,(H,18,19)(H2,14,16,20). The van der Waals surface area contributed by atoms with Crippen molar-refractivity contribution in [2.75, 3.05) is 5.32 Å². The number of carboxylic acid groups (broad SMARTS) is 1. The third-order valence-electron chi connectivity index (χ3n) is 2.58. The summed E-state index contributed by atoms with van der Waals surface area (Å²) in [5.41, 5.74) is 0.652. The summed E-state index contributed by atoms with van der Waals surface area (Å²) in [6, 6.07) is 3.15. The van der Waals surface area contributed by atoms with Gasteiger partial charge in [0.15, 0.2) is 0 Å². The fraction of sp³-hybridized carbons (Fsp3) is 0.154. The molecule has 110 valence electrons. The van der Waals surface area contributed by atoms with Gasteiger partial charge in [-0.2, -0.15) is 0 Å². The number of anilines is 1. The zero-order valence-electron chi connectivity index (χ0n) is 11.1. The lowest BCUT2D eigenvalue weighted by Crippen LogP contribution is -2.29. The van der Waals surface area contributed by atoms with Crippen LogP contribution >= 0.6 is 11.3 Å². The lowest BCUT2D eigenvalue weighted by Gasteiger charge is -2.09. The molecule has 0 bridgehead atoms. The second-order valence-corrected chi connectivity index (χ2v) is 5.26. The van der Waals surface area contributed by atoms with E-state index in [0.29, 0.717) is 0 Å². The Balaban J connectivity index is 2.01. The largest absolute Gasteiger partial charge is 0.508 e. The van der Waals surface area contributed by atoms with Crippen LogP contribution in [0.5, 0.6) is 5.75 Å². The number of phenolic OH excluding ortho intramolecular Hbond substituents is 1. The smallest absolute Gasteiger partial charge is 0.337 e. The van der Waals surface area contributed by atoms with Crippen LogP contribution in [0.15, 0.2) is 23.6 Å². The van der Waals surface area contributed by atoms with Crippen molar-refractivity contribution in [1.82, 2.24) is 10.3 Å². The Morgan fingerprint density at radius 1 is 1.38 bits per heavy atom. The molecule has 0 saturated heterocycles. The van der Waals surface area contributed by atoms with E-state index < -0.39 is 12.0 Å². The first-order chi connectivity index (χ1) is 9.95. The fourth-order valence-electron chi connectivity index (χ4n) is 1.64. The summed E-state index contributed by atoms with van der Waals surface area (Å²) in [6.45, 7) is 2.11. The highest BCUT2D eigenvalue weighted by Gasteiger charge is 2.13. The van der Waals surface area contributed by atoms with Crippen molar-refractivity contribution >= 4 is 29.0 Å². The average molecular weight is 307 g/mol. The van der Waals surface area contributed by atoms with Gasteiger partial charge in [-0.25, -0.2) is 14.6 Å². The quantitative estimate of drug-likeness (QED) is 0.647. The molecule has 1 aromatic heterocycles. The molecule has 2 rings (SSSR count). The van der Waals surface area contributed by atoms with Gasteiger partial charge in [-0.05, 0) is 25.1 Å². The summed E-state index contributed by atoms with van der Waals surface area (Å²) in [5.74, 6) is -1.42. The molecule has 7 nitrogen and oxygen atoms in total. The molecule has 1 heterocycles. The Hall–Kier alpha value is -2.61.